The molecule has 1 unspecified atom stereocenters. The van der Waals surface area contributed by atoms with Crippen molar-refractivity contribution < 1.29 is 0 Å². The average molecular weight is 253 g/mol. The lowest BCUT2D eigenvalue weighted by atomic mass is 10.0. The molecule has 0 aliphatic carbocycles. The maximum atomic E-state index is 3.63. The van der Waals surface area contributed by atoms with Gasteiger partial charge in [-0.1, -0.05) is 26.7 Å². The molecular weight excluding hydrogens is 226 g/mol. The van der Waals surface area contributed by atoms with Gasteiger partial charge in [-0.2, -0.15) is 0 Å². The van der Waals surface area contributed by atoms with E-state index in [9.17, 15) is 0 Å². The van der Waals surface area contributed by atoms with E-state index in [4.69, 9.17) is 0 Å². The summed E-state index contributed by atoms with van der Waals surface area (Å²) in [4.78, 5) is 2.89. The van der Waals surface area contributed by atoms with Gasteiger partial charge in [0, 0.05) is 22.3 Å². The summed E-state index contributed by atoms with van der Waals surface area (Å²) < 4.78 is 0. The molecule has 0 radical (unpaired) electrons. The van der Waals surface area contributed by atoms with Crippen LogP contribution in [0, 0.1) is 19.8 Å². The molecule has 17 heavy (non-hydrogen) atoms. The van der Waals surface area contributed by atoms with Gasteiger partial charge in [0.2, 0.25) is 0 Å². The molecule has 0 aliphatic rings. The molecule has 0 fully saturated rings. The lowest BCUT2D eigenvalue weighted by Crippen LogP contribution is -2.25. The summed E-state index contributed by atoms with van der Waals surface area (Å²) in [6.07, 6.45) is 3.98. The summed E-state index contributed by atoms with van der Waals surface area (Å²) in [5, 5.41) is 3.63. The molecule has 0 aromatic carbocycles. The van der Waals surface area contributed by atoms with Gasteiger partial charge in [-0.15, -0.1) is 11.3 Å². The molecule has 1 rings (SSSR count). The van der Waals surface area contributed by atoms with E-state index in [1.54, 1.807) is 0 Å². The van der Waals surface area contributed by atoms with E-state index in [1.165, 1.54) is 34.6 Å². The zero-order valence-corrected chi connectivity index (χ0v) is 12.8. The molecule has 0 spiro atoms. The molecule has 1 nitrogen and oxygen atoms in total. The number of hydrogen-bond acceptors (Lipinski definition) is 2. The van der Waals surface area contributed by atoms with E-state index < -0.39 is 0 Å². The fraction of sp³-hybridized carbons (Fsp3) is 0.733. The Kier molecular flexibility index (Phi) is 6.21. The zero-order chi connectivity index (χ0) is 12.8. The second-order valence-corrected chi connectivity index (χ2v) is 7.01. The number of rotatable bonds is 7. The molecule has 2 heteroatoms. The minimum Gasteiger partial charge on any atom is -0.310 e. The van der Waals surface area contributed by atoms with E-state index >= 15 is 0 Å². The monoisotopic (exact) mass is 253 g/mol. The van der Waals surface area contributed by atoms with Crippen LogP contribution in [-0.4, -0.2) is 6.04 Å². The number of aryl methyl sites for hydroxylation is 2. The van der Waals surface area contributed by atoms with Crippen LogP contribution in [0.3, 0.4) is 0 Å². The Hall–Kier alpha value is -0.340. The van der Waals surface area contributed by atoms with E-state index in [1.807, 2.05) is 11.3 Å². The topological polar surface area (TPSA) is 12.0 Å². The minimum atomic E-state index is 0.633. The molecule has 0 saturated carbocycles. The van der Waals surface area contributed by atoms with Crippen LogP contribution in [0.2, 0.25) is 0 Å². The van der Waals surface area contributed by atoms with Gasteiger partial charge in [-0.05, 0) is 44.7 Å². The largest absolute Gasteiger partial charge is 0.310 e. The third kappa shape index (κ3) is 5.69. The zero-order valence-electron chi connectivity index (χ0n) is 12.0. The lowest BCUT2D eigenvalue weighted by Gasteiger charge is -2.14. The molecule has 0 saturated heterocycles. The molecule has 0 amide bonds. The molecule has 1 heterocycles. The summed E-state index contributed by atoms with van der Waals surface area (Å²) in [7, 11) is 0. The summed E-state index contributed by atoms with van der Waals surface area (Å²) in [5.74, 6) is 0.837. The maximum Gasteiger partial charge on any atom is 0.0218 e. The molecule has 0 bridgehead atoms. The number of thiophene rings is 1. The summed E-state index contributed by atoms with van der Waals surface area (Å²) in [6, 6.07) is 2.95. The predicted octanol–water partition coefficient (Wildman–Crippen LogP) is 4.67. The van der Waals surface area contributed by atoms with Gasteiger partial charge in [0.1, 0.15) is 0 Å². The Labute approximate surface area is 111 Å². The Morgan fingerprint density at radius 1 is 1.18 bits per heavy atom. The fourth-order valence-electron chi connectivity index (χ4n) is 2.08. The van der Waals surface area contributed by atoms with Gasteiger partial charge in [-0.25, -0.2) is 0 Å². The van der Waals surface area contributed by atoms with Gasteiger partial charge in [0.25, 0.3) is 0 Å². The van der Waals surface area contributed by atoms with Crippen LogP contribution < -0.4 is 5.32 Å². The van der Waals surface area contributed by atoms with Crippen LogP contribution in [0.5, 0.6) is 0 Å². The molecular formula is C15H27NS. The molecule has 1 aromatic heterocycles. The van der Waals surface area contributed by atoms with Gasteiger partial charge in [0.15, 0.2) is 0 Å². The molecule has 1 N–H and O–H groups in total. The SMILES string of the molecule is Cc1cc(CNC(C)CCCC(C)C)c(C)s1. The van der Waals surface area contributed by atoms with E-state index in [0.717, 1.165) is 12.5 Å². The van der Waals surface area contributed by atoms with Crippen molar-refractivity contribution in [3.8, 4) is 0 Å². The Morgan fingerprint density at radius 2 is 1.88 bits per heavy atom. The highest BCUT2D eigenvalue weighted by molar-refractivity contribution is 7.12. The van der Waals surface area contributed by atoms with Crippen molar-refractivity contribution in [2.75, 3.05) is 0 Å². The van der Waals surface area contributed by atoms with Crippen molar-refractivity contribution in [3.63, 3.8) is 0 Å². The third-order valence-corrected chi connectivity index (χ3v) is 4.21. The van der Waals surface area contributed by atoms with Crippen molar-refractivity contribution in [1.29, 1.82) is 0 Å². The third-order valence-electron chi connectivity index (χ3n) is 3.20. The first-order chi connectivity index (χ1) is 7.99. The van der Waals surface area contributed by atoms with Crippen molar-refractivity contribution in [2.24, 2.45) is 5.92 Å². The number of nitrogens with one attached hydrogen (secondary N) is 1. The van der Waals surface area contributed by atoms with E-state index in [2.05, 4.69) is 46.0 Å². The Balaban J connectivity index is 2.23. The average Bonchev–Trinajstić information content (AvgIpc) is 2.54. The maximum absolute atomic E-state index is 3.63. The van der Waals surface area contributed by atoms with Gasteiger partial charge < -0.3 is 5.32 Å². The molecule has 1 aromatic rings. The highest BCUT2D eigenvalue weighted by atomic mass is 32.1. The van der Waals surface area contributed by atoms with Crippen LogP contribution in [0.4, 0.5) is 0 Å². The smallest absolute Gasteiger partial charge is 0.0218 e. The Morgan fingerprint density at radius 3 is 2.41 bits per heavy atom. The lowest BCUT2D eigenvalue weighted by molar-refractivity contribution is 0.457. The molecule has 1 atom stereocenters. The van der Waals surface area contributed by atoms with Crippen LogP contribution >= 0.6 is 11.3 Å². The molecule has 0 aliphatic heterocycles. The van der Waals surface area contributed by atoms with Gasteiger partial charge in [0.05, 0.1) is 0 Å². The second kappa shape index (κ2) is 7.17. The van der Waals surface area contributed by atoms with E-state index in [0.29, 0.717) is 6.04 Å². The number of hydrogen-bond donors (Lipinski definition) is 1. The van der Waals surface area contributed by atoms with Crippen LogP contribution in [-0.2, 0) is 6.54 Å². The highest BCUT2D eigenvalue weighted by Gasteiger charge is 2.06. The van der Waals surface area contributed by atoms with Gasteiger partial charge in [-0.3, -0.25) is 0 Å². The minimum absolute atomic E-state index is 0.633. The Bertz CT molecular complexity index is 328. The summed E-state index contributed by atoms with van der Waals surface area (Å²) in [5.41, 5.74) is 1.48. The predicted molar refractivity (Wildman–Crippen MR) is 78.8 cm³/mol. The summed E-state index contributed by atoms with van der Waals surface area (Å²) >= 11 is 1.90. The first-order valence-electron chi connectivity index (χ1n) is 6.78. The van der Waals surface area contributed by atoms with Crippen molar-refractivity contribution in [3.05, 3.63) is 21.4 Å². The first-order valence-corrected chi connectivity index (χ1v) is 7.60. The summed E-state index contributed by atoms with van der Waals surface area (Å²) in [6.45, 7) is 12.3. The van der Waals surface area contributed by atoms with Crippen molar-refractivity contribution in [1.82, 2.24) is 5.32 Å². The van der Waals surface area contributed by atoms with Crippen molar-refractivity contribution >= 4 is 11.3 Å². The molecule has 98 valence electrons. The van der Waals surface area contributed by atoms with Gasteiger partial charge >= 0.3 is 0 Å². The van der Waals surface area contributed by atoms with E-state index in [-0.39, 0.29) is 0 Å². The van der Waals surface area contributed by atoms with Crippen LogP contribution in [0.1, 0.15) is 55.4 Å². The first kappa shape index (κ1) is 14.7. The van der Waals surface area contributed by atoms with Crippen LogP contribution in [0.25, 0.3) is 0 Å². The standard InChI is InChI=1S/C15H27NS/c1-11(2)7-6-8-12(3)16-10-15-9-13(4)17-14(15)5/h9,11-12,16H,6-8,10H2,1-5H3. The fourth-order valence-corrected chi connectivity index (χ4v) is 3.02. The second-order valence-electron chi connectivity index (χ2n) is 5.55. The highest BCUT2D eigenvalue weighted by Crippen LogP contribution is 2.20. The van der Waals surface area contributed by atoms with Crippen LogP contribution in [0.15, 0.2) is 6.07 Å². The quantitative estimate of drug-likeness (QED) is 0.744. The normalized spacial score (nSPS) is 13.3. The van der Waals surface area contributed by atoms with Crippen molar-refractivity contribution in [2.45, 2.75) is 66.5 Å².